The molecule has 1 aliphatic rings. The molecule has 2 amide bonds. The molecule has 8 nitrogen and oxygen atoms in total. The van der Waals surface area contributed by atoms with E-state index in [1.807, 2.05) is 12.1 Å². The highest BCUT2D eigenvalue weighted by atomic mass is 16.6. The average molecular weight is 366 g/mol. The molecule has 0 saturated carbocycles. The summed E-state index contributed by atoms with van der Waals surface area (Å²) in [4.78, 5) is 27.4. The van der Waals surface area contributed by atoms with Gasteiger partial charge in [0.15, 0.2) is 0 Å². The second-order valence-electron chi connectivity index (χ2n) is 6.02. The number of hydrogen-bond acceptors (Lipinski definition) is 6. The van der Waals surface area contributed by atoms with E-state index in [0.29, 0.717) is 31.1 Å². The van der Waals surface area contributed by atoms with Crippen molar-refractivity contribution in [2.45, 2.75) is 12.8 Å². The van der Waals surface area contributed by atoms with Crippen molar-refractivity contribution in [3.63, 3.8) is 0 Å². The molecular weight excluding hydrogens is 348 g/mol. The molecule has 0 bridgehead atoms. The average Bonchev–Trinajstić information content (AvgIpc) is 2.67. The molecule has 0 radical (unpaired) electrons. The third-order valence-corrected chi connectivity index (χ3v) is 3.99. The lowest BCUT2D eigenvalue weighted by Gasteiger charge is -2.22. The summed E-state index contributed by atoms with van der Waals surface area (Å²) in [6, 6.07) is 12.1. The minimum absolute atomic E-state index is 0.00361. The summed E-state index contributed by atoms with van der Waals surface area (Å²) in [5.74, 6) is 0.976. The minimum Gasteiger partial charge on any atom is -0.492 e. The third-order valence-electron chi connectivity index (χ3n) is 3.99. The summed E-state index contributed by atoms with van der Waals surface area (Å²) in [7, 11) is 0. The van der Waals surface area contributed by atoms with Crippen LogP contribution in [-0.4, -0.2) is 30.1 Å². The number of aromatic nitrogens is 1. The largest absolute Gasteiger partial charge is 0.492 e. The maximum Gasteiger partial charge on any atom is 0.418 e. The molecule has 1 aliphatic heterocycles. The van der Waals surface area contributed by atoms with Gasteiger partial charge in [0.2, 0.25) is 5.91 Å². The van der Waals surface area contributed by atoms with Crippen LogP contribution < -0.4 is 20.1 Å². The minimum atomic E-state index is -0.701. The highest BCUT2D eigenvalue weighted by Gasteiger charge is 2.20. The molecule has 27 heavy (non-hydrogen) atoms. The smallest absolute Gasteiger partial charge is 0.418 e. The number of nitrogens with zero attached hydrogens (tertiary/aromatic N) is 2. The molecule has 8 heteroatoms. The Morgan fingerprint density at radius 3 is 2.93 bits per heavy atom. The Labute approximate surface area is 156 Å². The maximum absolute atomic E-state index is 12.0. The highest BCUT2D eigenvalue weighted by Crippen LogP contribution is 2.23. The summed E-state index contributed by atoms with van der Waals surface area (Å²) in [5, 5.41) is 14.5. The first-order chi connectivity index (χ1) is 13.1. The van der Waals surface area contributed by atoms with Gasteiger partial charge in [-0.1, -0.05) is 18.2 Å². The van der Waals surface area contributed by atoms with Crippen molar-refractivity contribution >= 4 is 17.8 Å². The zero-order chi connectivity index (χ0) is 19.1. The Morgan fingerprint density at radius 2 is 2.19 bits per heavy atom. The summed E-state index contributed by atoms with van der Waals surface area (Å²) >= 11 is 0. The molecule has 1 aromatic carbocycles. The number of rotatable bonds is 5. The lowest BCUT2D eigenvalue weighted by molar-refractivity contribution is -0.123. The molecule has 1 fully saturated rings. The van der Waals surface area contributed by atoms with Crippen LogP contribution in [0.1, 0.15) is 18.4 Å². The number of piperidine rings is 1. The number of amides is 2. The van der Waals surface area contributed by atoms with Gasteiger partial charge in [-0.2, -0.15) is 5.26 Å². The Bertz CT molecular complexity index is 864. The lowest BCUT2D eigenvalue weighted by Crippen LogP contribution is -2.35. The van der Waals surface area contributed by atoms with Crippen LogP contribution in [0.3, 0.4) is 0 Å². The lowest BCUT2D eigenvalue weighted by atomic mass is 9.99. The number of anilines is 1. The fourth-order valence-corrected chi connectivity index (χ4v) is 2.64. The Kier molecular flexibility index (Phi) is 5.84. The van der Waals surface area contributed by atoms with Crippen LogP contribution in [0.4, 0.5) is 10.6 Å². The number of carbonyl (C=O) groups excluding carboxylic acids is 2. The zero-order valence-corrected chi connectivity index (χ0v) is 14.5. The number of carbonyl (C=O) groups is 2. The molecule has 2 heterocycles. The maximum atomic E-state index is 12.0. The molecule has 1 aromatic heterocycles. The molecule has 0 spiro atoms. The van der Waals surface area contributed by atoms with Gasteiger partial charge in [0.25, 0.3) is 0 Å². The van der Waals surface area contributed by atoms with Crippen molar-refractivity contribution in [1.29, 1.82) is 5.26 Å². The first-order valence-corrected chi connectivity index (χ1v) is 8.47. The first-order valence-electron chi connectivity index (χ1n) is 8.47. The van der Waals surface area contributed by atoms with E-state index in [-0.39, 0.29) is 23.2 Å². The molecule has 1 saturated heterocycles. The molecule has 2 aromatic rings. The Hall–Kier alpha value is -3.60. The van der Waals surface area contributed by atoms with Crippen molar-refractivity contribution in [1.82, 2.24) is 10.3 Å². The van der Waals surface area contributed by atoms with Gasteiger partial charge in [0.1, 0.15) is 28.9 Å². The van der Waals surface area contributed by atoms with E-state index in [9.17, 15) is 14.9 Å². The van der Waals surface area contributed by atoms with Crippen LogP contribution in [0.15, 0.2) is 42.6 Å². The molecule has 1 unspecified atom stereocenters. The van der Waals surface area contributed by atoms with Crippen LogP contribution in [0.25, 0.3) is 0 Å². The molecular formula is C19H18N4O4. The summed E-state index contributed by atoms with van der Waals surface area (Å²) in [6.45, 7) is 0.923. The fraction of sp³-hybridized carbons (Fsp3) is 0.263. The van der Waals surface area contributed by atoms with Crippen molar-refractivity contribution < 1.29 is 19.1 Å². The van der Waals surface area contributed by atoms with E-state index in [1.165, 1.54) is 12.3 Å². The number of hydrogen-bond donors (Lipinski definition) is 2. The van der Waals surface area contributed by atoms with E-state index < -0.39 is 6.09 Å². The van der Waals surface area contributed by atoms with Crippen LogP contribution in [0, 0.1) is 17.2 Å². The normalized spacial score (nSPS) is 16.0. The molecule has 0 aliphatic carbocycles. The third kappa shape index (κ3) is 5.19. The first kappa shape index (κ1) is 18.2. The van der Waals surface area contributed by atoms with Gasteiger partial charge in [0, 0.05) is 24.9 Å². The quantitative estimate of drug-likeness (QED) is 0.840. The Balaban J connectivity index is 1.63. The van der Waals surface area contributed by atoms with Gasteiger partial charge in [-0.3, -0.25) is 10.1 Å². The van der Waals surface area contributed by atoms with Crippen LogP contribution in [0.5, 0.6) is 11.5 Å². The van der Waals surface area contributed by atoms with Gasteiger partial charge in [-0.25, -0.2) is 9.78 Å². The van der Waals surface area contributed by atoms with Gasteiger partial charge in [0.05, 0.1) is 12.8 Å². The highest BCUT2D eigenvalue weighted by molar-refractivity contribution is 5.85. The van der Waals surface area contributed by atoms with Crippen molar-refractivity contribution in [2.75, 3.05) is 18.5 Å². The summed E-state index contributed by atoms with van der Waals surface area (Å²) in [5.41, 5.74) is 0.247. The molecule has 3 rings (SSSR count). The summed E-state index contributed by atoms with van der Waals surface area (Å²) < 4.78 is 10.9. The number of ether oxygens (including phenoxy) is 2. The molecule has 1 atom stereocenters. The van der Waals surface area contributed by atoms with Gasteiger partial charge < -0.3 is 14.8 Å². The second kappa shape index (κ2) is 8.67. The van der Waals surface area contributed by atoms with Crippen LogP contribution in [0.2, 0.25) is 0 Å². The number of para-hydroxylation sites is 1. The summed E-state index contributed by atoms with van der Waals surface area (Å²) in [6.07, 6.45) is 1.82. The van der Waals surface area contributed by atoms with Crippen molar-refractivity contribution in [3.8, 4) is 17.6 Å². The van der Waals surface area contributed by atoms with Gasteiger partial charge >= 0.3 is 6.09 Å². The van der Waals surface area contributed by atoms with Crippen LogP contribution >= 0.6 is 0 Å². The number of pyridine rings is 1. The number of benzene rings is 1. The Morgan fingerprint density at radius 1 is 1.37 bits per heavy atom. The van der Waals surface area contributed by atoms with Gasteiger partial charge in [-0.05, 0) is 18.6 Å². The van der Waals surface area contributed by atoms with E-state index in [2.05, 4.69) is 15.6 Å². The predicted octanol–water partition coefficient (Wildman–Crippen LogP) is 2.47. The zero-order valence-electron chi connectivity index (χ0n) is 14.5. The van der Waals surface area contributed by atoms with Gasteiger partial charge in [-0.15, -0.1) is 0 Å². The van der Waals surface area contributed by atoms with E-state index in [0.717, 1.165) is 6.42 Å². The van der Waals surface area contributed by atoms with E-state index >= 15 is 0 Å². The molecule has 2 N–H and O–H groups in total. The monoisotopic (exact) mass is 366 g/mol. The standard InChI is InChI=1S/C19H18N4O4/c20-10-14-11-22-17(23-19(25)27-15-4-2-1-3-5-15)9-16(14)26-12-13-6-7-21-18(24)8-13/h1-5,9,11,13H,6-8,12H2,(H,21,24)(H,22,23,25). The fourth-order valence-electron chi connectivity index (χ4n) is 2.64. The number of nitriles is 1. The predicted molar refractivity (Wildman–Crippen MR) is 96.3 cm³/mol. The van der Waals surface area contributed by atoms with Crippen LogP contribution in [-0.2, 0) is 4.79 Å². The SMILES string of the molecule is N#Cc1cnc(NC(=O)Oc2ccccc2)cc1OCC1CCNC(=O)C1. The van der Waals surface area contributed by atoms with E-state index in [4.69, 9.17) is 9.47 Å². The topological polar surface area (TPSA) is 113 Å². The van der Waals surface area contributed by atoms with Crippen molar-refractivity contribution in [2.24, 2.45) is 5.92 Å². The van der Waals surface area contributed by atoms with E-state index in [1.54, 1.807) is 24.3 Å². The van der Waals surface area contributed by atoms with Crippen molar-refractivity contribution in [3.05, 3.63) is 48.2 Å². The number of nitrogens with one attached hydrogen (secondary N) is 2. The second-order valence-corrected chi connectivity index (χ2v) is 6.02. The molecule has 138 valence electrons.